The quantitative estimate of drug-likeness (QED) is 0.172. The van der Waals surface area contributed by atoms with Crippen LogP contribution in [0.15, 0.2) is 0 Å². The molecule has 0 aromatic heterocycles. The second kappa shape index (κ2) is 18.4. The summed E-state index contributed by atoms with van der Waals surface area (Å²) in [6.07, 6.45) is -20.8. The summed E-state index contributed by atoms with van der Waals surface area (Å²) in [6.45, 7) is 0. The van der Waals surface area contributed by atoms with Gasteiger partial charge in [-0.05, 0) is 0 Å². The van der Waals surface area contributed by atoms with Gasteiger partial charge in [0, 0.05) is 0 Å². The van der Waals surface area contributed by atoms with E-state index in [0.29, 0.717) is 0 Å². The van der Waals surface area contributed by atoms with Gasteiger partial charge >= 0.3 is 79.3 Å². The molecule has 2 N–H and O–H groups in total. The normalized spacial score (nSPS) is 10.2. The SMILES string of the molecule is O.O=C([O-])C(F)(F)F.O=C([O-])C(F)(F)F.O=C([O-])C(F)(F)F.O=C([O-])C(F)(F)F.[Pb+2].[Pb+2]. The van der Waals surface area contributed by atoms with Crippen LogP contribution in [0.4, 0.5) is 52.7 Å². The van der Waals surface area contributed by atoms with Crippen molar-refractivity contribution >= 4 is 78.5 Å². The van der Waals surface area contributed by atoms with Gasteiger partial charge in [-0.15, -0.1) is 0 Å². The average molecular weight is 884 g/mol. The first-order valence-corrected chi connectivity index (χ1v) is 4.90. The van der Waals surface area contributed by atoms with Crippen molar-refractivity contribution < 1.29 is 97.8 Å². The van der Waals surface area contributed by atoms with Crippen LogP contribution < -0.4 is 20.4 Å². The van der Waals surface area contributed by atoms with Gasteiger partial charge < -0.3 is 45.1 Å². The summed E-state index contributed by atoms with van der Waals surface area (Å²) < 4.78 is 126. The number of hydrogen-bond donors (Lipinski definition) is 0. The number of hydrogen-bond acceptors (Lipinski definition) is 8. The number of carbonyl (C=O) groups is 4. The molecule has 0 heterocycles. The molecule has 0 aromatic rings. The zero-order valence-corrected chi connectivity index (χ0v) is 21.1. The van der Waals surface area contributed by atoms with Crippen LogP contribution in [0.25, 0.3) is 0 Å². The molecule has 0 atom stereocenters. The van der Waals surface area contributed by atoms with Crippen LogP contribution in [0.5, 0.6) is 0 Å². The molecule has 0 amide bonds. The fraction of sp³-hybridized carbons (Fsp3) is 0.500. The van der Waals surface area contributed by atoms with Crippen molar-refractivity contribution in [1.29, 1.82) is 0 Å². The summed E-state index contributed by atoms with van der Waals surface area (Å²) in [6, 6.07) is 0. The van der Waals surface area contributed by atoms with E-state index in [1.54, 1.807) is 0 Å². The molecule has 0 fully saturated rings. The molecule has 0 aliphatic rings. The fourth-order valence-corrected chi connectivity index (χ4v) is 0. The van der Waals surface area contributed by atoms with E-state index in [4.69, 9.17) is 39.6 Å². The average Bonchev–Trinajstić information content (AvgIpc) is 2.35. The Labute approximate surface area is 200 Å². The Morgan fingerprint density at radius 2 is 0.419 bits per heavy atom. The standard InChI is InChI=1S/4C2HF3O2.H2O.2Pb/c4*3-2(4,5)1(6)7;;;/h4*(H,6,7);1H2;;/q;;;;;2*+2/p-4. The van der Waals surface area contributed by atoms with Gasteiger partial charge in [0.1, 0.15) is 23.9 Å². The monoisotopic (exact) mass is 886 g/mol. The molecule has 31 heavy (non-hydrogen) atoms. The van der Waals surface area contributed by atoms with Gasteiger partial charge in [-0.25, -0.2) is 0 Å². The third-order valence-electron chi connectivity index (χ3n) is 0.926. The fourth-order valence-electron chi connectivity index (χ4n) is 0. The van der Waals surface area contributed by atoms with Gasteiger partial charge in [-0.1, -0.05) is 0 Å². The van der Waals surface area contributed by atoms with E-state index in [2.05, 4.69) is 0 Å². The summed E-state index contributed by atoms with van der Waals surface area (Å²) in [4.78, 5) is 35.1. The van der Waals surface area contributed by atoms with Crippen LogP contribution in [-0.4, -0.2) is 109 Å². The van der Waals surface area contributed by atoms with Crippen molar-refractivity contribution in [3.63, 3.8) is 0 Å². The maximum Gasteiger partial charge on any atom is 2.00 e. The molecular weight excluding hydrogens is 882 g/mol. The molecule has 4 radical (unpaired) electrons. The maximum absolute atomic E-state index is 10.5. The number of carbonyl (C=O) groups excluding carboxylic acids is 4. The van der Waals surface area contributed by atoms with Crippen LogP contribution in [-0.2, 0) is 19.2 Å². The van der Waals surface area contributed by atoms with E-state index in [9.17, 15) is 52.7 Å². The van der Waals surface area contributed by atoms with Crippen LogP contribution >= 0.6 is 0 Å². The number of aliphatic carboxylic acids is 4. The second-order valence-corrected chi connectivity index (χ2v) is 3.14. The van der Waals surface area contributed by atoms with Gasteiger partial charge in [0.05, 0.1) is 0 Å². The minimum atomic E-state index is -5.19. The molecule has 0 saturated carbocycles. The summed E-state index contributed by atoms with van der Waals surface area (Å²) >= 11 is 0. The number of carboxylic acid groups (broad SMARTS) is 4. The van der Waals surface area contributed by atoms with Crippen molar-refractivity contribution in [2.75, 3.05) is 0 Å². The number of rotatable bonds is 0. The predicted molar refractivity (Wildman–Crippen MR) is 59.4 cm³/mol. The molecule has 23 heteroatoms. The van der Waals surface area contributed by atoms with Crippen LogP contribution in [0.1, 0.15) is 0 Å². The minimum Gasteiger partial charge on any atom is -0.542 e. The Morgan fingerprint density at radius 3 is 0.419 bits per heavy atom. The van der Waals surface area contributed by atoms with Crippen molar-refractivity contribution in [2.45, 2.75) is 24.7 Å². The molecule has 0 aromatic carbocycles. The predicted octanol–water partition coefficient (Wildman–Crippen LogP) is -4.39. The Balaban J connectivity index is -0.0000000480. The Kier molecular flexibility index (Phi) is 28.3. The Morgan fingerprint density at radius 1 is 0.387 bits per heavy atom. The molecular formula is C8H2F12O9Pb2. The van der Waals surface area contributed by atoms with E-state index in [1.807, 2.05) is 0 Å². The first-order valence-electron chi connectivity index (χ1n) is 4.90. The molecule has 9 nitrogen and oxygen atoms in total. The molecule has 0 aliphatic carbocycles. The van der Waals surface area contributed by atoms with Gasteiger partial charge in [0.15, 0.2) is 0 Å². The van der Waals surface area contributed by atoms with Crippen LogP contribution in [0.3, 0.4) is 0 Å². The molecule has 0 rings (SSSR count). The third kappa shape index (κ3) is 39.8. The second-order valence-electron chi connectivity index (χ2n) is 3.14. The molecule has 0 unspecified atom stereocenters. The summed E-state index contributed by atoms with van der Waals surface area (Å²) in [5.74, 6) is -12.0. The Bertz CT molecular complexity index is 442. The van der Waals surface area contributed by atoms with E-state index >= 15 is 0 Å². The Hall–Kier alpha value is -1.16. The molecule has 0 spiro atoms. The van der Waals surface area contributed by atoms with Crippen LogP contribution in [0, 0.1) is 0 Å². The van der Waals surface area contributed by atoms with Crippen molar-refractivity contribution in [1.82, 2.24) is 0 Å². The first kappa shape index (κ1) is 47.6. The molecule has 0 bridgehead atoms. The van der Waals surface area contributed by atoms with Crippen molar-refractivity contribution in [3.05, 3.63) is 0 Å². The summed E-state index contributed by atoms with van der Waals surface area (Å²) in [5, 5.41) is 35.1. The van der Waals surface area contributed by atoms with E-state index in [1.165, 1.54) is 0 Å². The minimum absolute atomic E-state index is 0. The number of alkyl halides is 12. The molecule has 0 saturated heterocycles. The first-order chi connectivity index (χ1) is 11.8. The van der Waals surface area contributed by atoms with Gasteiger partial charge in [0.25, 0.3) is 0 Å². The number of halogens is 12. The third-order valence-corrected chi connectivity index (χ3v) is 0.926. The zero-order chi connectivity index (χ0) is 24.3. The van der Waals surface area contributed by atoms with Gasteiger partial charge in [0.2, 0.25) is 0 Å². The zero-order valence-electron chi connectivity index (χ0n) is 13.3. The van der Waals surface area contributed by atoms with Crippen molar-refractivity contribution in [2.24, 2.45) is 0 Å². The topological polar surface area (TPSA) is 192 Å². The smallest absolute Gasteiger partial charge is 0.542 e. The number of carboxylic acids is 4. The summed E-state index contributed by atoms with van der Waals surface area (Å²) in [7, 11) is 0. The van der Waals surface area contributed by atoms with Gasteiger partial charge in [-0.3, -0.25) is 0 Å². The van der Waals surface area contributed by atoms with E-state index in [0.717, 1.165) is 0 Å². The van der Waals surface area contributed by atoms with E-state index in [-0.39, 0.29) is 60.1 Å². The largest absolute Gasteiger partial charge is 2.00 e. The molecule has 0 aliphatic heterocycles. The van der Waals surface area contributed by atoms with Gasteiger partial charge in [-0.2, -0.15) is 52.7 Å². The van der Waals surface area contributed by atoms with E-state index < -0.39 is 48.6 Å². The molecule has 180 valence electrons. The van der Waals surface area contributed by atoms with Crippen molar-refractivity contribution in [3.8, 4) is 0 Å². The summed E-state index contributed by atoms with van der Waals surface area (Å²) in [5.41, 5.74) is 0. The maximum atomic E-state index is 10.5. The van der Waals surface area contributed by atoms with Crippen LogP contribution in [0.2, 0.25) is 0 Å².